The zero-order chi connectivity index (χ0) is 12.5. The molecule has 0 radical (unpaired) electrons. The molecular weight excluding hydrogens is 246 g/mol. The summed E-state index contributed by atoms with van der Waals surface area (Å²) in [6.45, 7) is 0. The van der Waals surface area contributed by atoms with Gasteiger partial charge < -0.3 is 9.73 Å². The number of para-hydroxylation sites is 1. The predicted octanol–water partition coefficient (Wildman–Crippen LogP) is 4.33. The largest absolute Gasteiger partial charge is 0.459 e. The van der Waals surface area contributed by atoms with Crippen LogP contribution in [0.4, 0.5) is 0 Å². The Morgan fingerprint density at radius 3 is 3.00 bits per heavy atom. The fraction of sp³-hybridized carbons (Fsp3) is 0.467. The van der Waals surface area contributed by atoms with Gasteiger partial charge in [0.1, 0.15) is 5.76 Å². The fourth-order valence-corrected chi connectivity index (χ4v) is 3.18. The molecule has 2 atom stereocenters. The van der Waals surface area contributed by atoms with Crippen LogP contribution in [0.3, 0.4) is 0 Å². The van der Waals surface area contributed by atoms with Gasteiger partial charge in [0.2, 0.25) is 0 Å². The van der Waals surface area contributed by atoms with E-state index >= 15 is 0 Å². The van der Waals surface area contributed by atoms with Gasteiger partial charge in [-0.05, 0) is 38.4 Å². The molecule has 1 N–H and O–H groups in total. The van der Waals surface area contributed by atoms with Crippen molar-refractivity contribution in [3.63, 3.8) is 0 Å². The molecule has 0 saturated heterocycles. The van der Waals surface area contributed by atoms with Crippen molar-refractivity contribution < 1.29 is 4.42 Å². The van der Waals surface area contributed by atoms with Crippen molar-refractivity contribution in [3.05, 3.63) is 35.0 Å². The van der Waals surface area contributed by atoms with Crippen molar-refractivity contribution in [3.8, 4) is 0 Å². The second kappa shape index (κ2) is 4.94. The maximum atomic E-state index is 6.16. The maximum absolute atomic E-state index is 6.16. The van der Waals surface area contributed by atoms with Gasteiger partial charge in [-0.3, -0.25) is 0 Å². The summed E-state index contributed by atoms with van der Waals surface area (Å²) in [5.41, 5.74) is 0.834. The van der Waals surface area contributed by atoms with Crippen molar-refractivity contribution in [2.24, 2.45) is 0 Å². The van der Waals surface area contributed by atoms with E-state index in [0.717, 1.165) is 23.2 Å². The highest BCUT2D eigenvalue weighted by molar-refractivity contribution is 6.34. The molecule has 2 nitrogen and oxygen atoms in total. The highest BCUT2D eigenvalue weighted by Gasteiger charge is 2.25. The maximum Gasteiger partial charge on any atom is 0.152 e. The molecule has 0 spiro atoms. The standard InChI is InChI=1S/C15H18ClNO/c1-17-12-6-2-4-10(8-12)14-9-11-5-3-7-13(16)15(11)18-14/h3,5,7,9-10,12,17H,2,4,6,8H2,1H3. The first-order valence-electron chi connectivity index (χ1n) is 6.63. The Labute approximate surface area is 112 Å². The quantitative estimate of drug-likeness (QED) is 0.872. The van der Waals surface area contributed by atoms with Gasteiger partial charge in [0.15, 0.2) is 5.58 Å². The molecule has 96 valence electrons. The minimum Gasteiger partial charge on any atom is -0.459 e. The summed E-state index contributed by atoms with van der Waals surface area (Å²) in [4.78, 5) is 0. The molecule has 0 bridgehead atoms. The van der Waals surface area contributed by atoms with Crippen LogP contribution in [-0.4, -0.2) is 13.1 Å². The lowest BCUT2D eigenvalue weighted by Crippen LogP contribution is -2.30. The average molecular weight is 264 g/mol. The second-order valence-corrected chi connectivity index (χ2v) is 5.56. The summed E-state index contributed by atoms with van der Waals surface area (Å²) < 4.78 is 5.97. The minimum atomic E-state index is 0.527. The Bertz CT molecular complexity index is 548. The summed E-state index contributed by atoms with van der Waals surface area (Å²) in [7, 11) is 2.04. The molecule has 0 amide bonds. The normalized spacial score (nSPS) is 24.6. The van der Waals surface area contributed by atoms with Gasteiger partial charge in [0.25, 0.3) is 0 Å². The van der Waals surface area contributed by atoms with Gasteiger partial charge in [0, 0.05) is 17.3 Å². The molecule has 3 heteroatoms. The van der Waals surface area contributed by atoms with Gasteiger partial charge >= 0.3 is 0 Å². The number of fused-ring (bicyclic) bond motifs is 1. The van der Waals surface area contributed by atoms with E-state index < -0.39 is 0 Å². The van der Waals surface area contributed by atoms with Crippen molar-refractivity contribution in [2.45, 2.75) is 37.6 Å². The number of rotatable bonds is 2. The molecule has 2 unspecified atom stereocenters. The summed E-state index contributed by atoms with van der Waals surface area (Å²) >= 11 is 6.16. The SMILES string of the molecule is CNC1CCCC(c2cc3cccc(Cl)c3o2)C1. The number of hydrogen-bond donors (Lipinski definition) is 1. The van der Waals surface area contributed by atoms with Crippen LogP contribution >= 0.6 is 11.6 Å². The molecule has 2 aromatic rings. The van der Waals surface area contributed by atoms with Gasteiger partial charge in [-0.2, -0.15) is 0 Å². The highest BCUT2D eigenvalue weighted by atomic mass is 35.5. The van der Waals surface area contributed by atoms with Crippen LogP contribution < -0.4 is 5.32 Å². The first-order chi connectivity index (χ1) is 8.78. The van der Waals surface area contributed by atoms with Gasteiger partial charge in [-0.15, -0.1) is 0 Å². The van der Waals surface area contributed by atoms with Crippen LogP contribution in [0.5, 0.6) is 0 Å². The first-order valence-corrected chi connectivity index (χ1v) is 7.01. The van der Waals surface area contributed by atoms with E-state index in [0.29, 0.717) is 17.0 Å². The summed E-state index contributed by atoms with van der Waals surface area (Å²) in [6.07, 6.45) is 4.92. The Balaban J connectivity index is 1.92. The lowest BCUT2D eigenvalue weighted by atomic mass is 9.84. The highest BCUT2D eigenvalue weighted by Crippen LogP contribution is 2.37. The lowest BCUT2D eigenvalue weighted by Gasteiger charge is -2.27. The van der Waals surface area contributed by atoms with Crippen LogP contribution in [0, 0.1) is 0 Å². The topological polar surface area (TPSA) is 25.2 Å². The van der Waals surface area contributed by atoms with Crippen molar-refractivity contribution in [1.82, 2.24) is 5.32 Å². The number of benzene rings is 1. The molecular formula is C15H18ClNO. The third kappa shape index (κ3) is 2.15. The van der Waals surface area contributed by atoms with Gasteiger partial charge in [-0.1, -0.05) is 30.2 Å². The smallest absolute Gasteiger partial charge is 0.152 e. The lowest BCUT2D eigenvalue weighted by molar-refractivity contribution is 0.325. The molecule has 3 rings (SSSR count). The van der Waals surface area contributed by atoms with E-state index in [2.05, 4.69) is 17.4 Å². The van der Waals surface area contributed by atoms with Crippen LogP contribution in [0.2, 0.25) is 5.02 Å². The van der Waals surface area contributed by atoms with Crippen molar-refractivity contribution in [1.29, 1.82) is 0 Å². The summed E-state index contributed by atoms with van der Waals surface area (Å²) in [6, 6.07) is 8.69. The van der Waals surface area contributed by atoms with E-state index in [-0.39, 0.29) is 0 Å². The van der Waals surface area contributed by atoms with Gasteiger partial charge in [0.05, 0.1) is 5.02 Å². The van der Waals surface area contributed by atoms with E-state index in [4.69, 9.17) is 16.0 Å². The number of hydrogen-bond acceptors (Lipinski definition) is 2. The Morgan fingerprint density at radius 1 is 1.33 bits per heavy atom. The Kier molecular flexibility index (Phi) is 3.31. The molecule has 1 fully saturated rings. The molecule has 1 aromatic heterocycles. The van der Waals surface area contributed by atoms with Crippen LogP contribution in [0.15, 0.2) is 28.7 Å². The monoisotopic (exact) mass is 263 g/mol. The number of furan rings is 1. The molecule has 18 heavy (non-hydrogen) atoms. The second-order valence-electron chi connectivity index (χ2n) is 5.16. The summed E-state index contributed by atoms with van der Waals surface area (Å²) in [5, 5.41) is 5.20. The van der Waals surface area contributed by atoms with Crippen molar-refractivity contribution in [2.75, 3.05) is 7.05 Å². The first kappa shape index (κ1) is 12.1. The van der Waals surface area contributed by atoms with E-state index in [1.807, 2.05) is 19.2 Å². The van der Waals surface area contributed by atoms with Crippen LogP contribution in [0.25, 0.3) is 11.0 Å². The zero-order valence-electron chi connectivity index (χ0n) is 10.6. The third-order valence-corrected chi connectivity index (χ3v) is 4.30. The van der Waals surface area contributed by atoms with Crippen molar-refractivity contribution >= 4 is 22.6 Å². The average Bonchev–Trinajstić information content (AvgIpc) is 2.84. The Hall–Kier alpha value is -0.990. The molecule has 0 aliphatic heterocycles. The third-order valence-electron chi connectivity index (χ3n) is 4.00. The molecule has 1 aliphatic carbocycles. The van der Waals surface area contributed by atoms with Crippen LogP contribution in [-0.2, 0) is 0 Å². The number of nitrogens with one attached hydrogen (secondary N) is 1. The van der Waals surface area contributed by atoms with E-state index in [1.54, 1.807) is 0 Å². The molecule has 1 aromatic carbocycles. The molecule has 1 saturated carbocycles. The molecule has 1 aliphatic rings. The van der Waals surface area contributed by atoms with Gasteiger partial charge in [-0.25, -0.2) is 0 Å². The fourth-order valence-electron chi connectivity index (χ4n) is 2.96. The predicted molar refractivity (Wildman–Crippen MR) is 75.3 cm³/mol. The zero-order valence-corrected chi connectivity index (χ0v) is 11.3. The van der Waals surface area contributed by atoms with E-state index in [1.165, 1.54) is 19.3 Å². The van der Waals surface area contributed by atoms with Crippen LogP contribution in [0.1, 0.15) is 37.4 Å². The van der Waals surface area contributed by atoms with E-state index in [9.17, 15) is 0 Å². The molecule has 1 heterocycles. The minimum absolute atomic E-state index is 0.527. The number of halogens is 1. The summed E-state index contributed by atoms with van der Waals surface area (Å²) in [5.74, 6) is 1.62. The Morgan fingerprint density at radius 2 is 2.22 bits per heavy atom.